The van der Waals surface area contributed by atoms with Crippen LogP contribution in [0.4, 0.5) is 0 Å². The number of carbonyl (C=O) groups is 2. The van der Waals surface area contributed by atoms with Crippen LogP contribution in [0.1, 0.15) is 31.7 Å². The number of hydrogen-bond donors (Lipinski definition) is 1. The molecule has 146 valence electrons. The summed E-state index contributed by atoms with van der Waals surface area (Å²) < 4.78 is 64.0. The number of nitrogens with two attached hydrogens (primary N) is 1. The van der Waals surface area contributed by atoms with Gasteiger partial charge in [-0.25, -0.2) is 4.79 Å². The number of benzene rings is 2. The Morgan fingerprint density at radius 2 is 1.96 bits per heavy atom. The van der Waals surface area contributed by atoms with Crippen molar-refractivity contribution < 1.29 is 35.8 Å². The summed E-state index contributed by atoms with van der Waals surface area (Å²) in [5, 5.41) is 0. The Bertz CT molecular complexity index is 1180. The van der Waals surface area contributed by atoms with Crippen LogP contribution in [0.3, 0.4) is 0 Å². The molecule has 1 aliphatic rings. The van der Waals surface area contributed by atoms with Crippen LogP contribution in [0, 0.1) is 0 Å². The predicted molar refractivity (Wildman–Crippen MR) is 98.0 cm³/mol. The molecule has 3 rings (SSSR count). The van der Waals surface area contributed by atoms with Crippen LogP contribution >= 0.6 is 0 Å². The van der Waals surface area contributed by atoms with Gasteiger partial charge >= 0.3 is 16.1 Å². The Morgan fingerprint density at radius 1 is 1.25 bits per heavy atom. The Morgan fingerprint density at radius 3 is 2.64 bits per heavy atom. The van der Waals surface area contributed by atoms with E-state index in [1.807, 2.05) is 0 Å². The van der Waals surface area contributed by atoms with Crippen molar-refractivity contribution in [3.63, 3.8) is 0 Å². The summed E-state index contributed by atoms with van der Waals surface area (Å²) in [6, 6.07) is 12.1. The Hall–Kier alpha value is -3.33. The van der Waals surface area contributed by atoms with Crippen LogP contribution in [0.2, 0.25) is 0 Å². The number of rotatable bonds is 6. The highest BCUT2D eigenvalue weighted by atomic mass is 32.2. The molecule has 0 fully saturated rings. The molecule has 0 unspecified atom stereocenters. The van der Waals surface area contributed by atoms with Crippen molar-refractivity contribution in [2.24, 2.45) is 5.73 Å². The number of esters is 1. The zero-order valence-corrected chi connectivity index (χ0v) is 15.4. The fourth-order valence-electron chi connectivity index (χ4n) is 2.37. The largest absolute Gasteiger partial charge is 0.465 e. The molecule has 1 atom stereocenters. The van der Waals surface area contributed by atoms with E-state index in [1.54, 1.807) is 6.07 Å². The van der Waals surface area contributed by atoms with Gasteiger partial charge in [0.2, 0.25) is 17.4 Å². The van der Waals surface area contributed by atoms with Crippen molar-refractivity contribution in [3.05, 3.63) is 82.9 Å². The number of methoxy groups -OCH3 is 1. The number of Topliss-reactive ketones (excluding diaryl/α,β-unsaturated/α-hetero) is 1. The zero-order chi connectivity index (χ0) is 23.0. The van der Waals surface area contributed by atoms with Crippen LogP contribution < -0.4 is 5.73 Å². The minimum atomic E-state index is -5.08. The van der Waals surface area contributed by atoms with E-state index < -0.39 is 45.3 Å². The molecule has 0 amide bonds. The van der Waals surface area contributed by atoms with Gasteiger partial charge in [-0.3, -0.25) is 4.79 Å². The van der Waals surface area contributed by atoms with Gasteiger partial charge in [-0.15, -0.1) is 0 Å². The molecular formula is C19H17NO7S. The average molecular weight is 406 g/mol. The number of carbonyl (C=O) groups excluding carboxylic acids is 2. The van der Waals surface area contributed by atoms with Crippen molar-refractivity contribution in [1.82, 2.24) is 0 Å². The molecule has 2 aromatic carbocycles. The van der Waals surface area contributed by atoms with Crippen molar-refractivity contribution in [3.8, 4) is 0 Å². The van der Waals surface area contributed by atoms with Gasteiger partial charge in [0.25, 0.3) is 0 Å². The van der Waals surface area contributed by atoms with Gasteiger partial charge in [0.05, 0.1) is 16.8 Å². The lowest BCUT2D eigenvalue weighted by Gasteiger charge is -2.11. The first-order valence-electron chi connectivity index (χ1n) is 9.36. The van der Waals surface area contributed by atoms with Gasteiger partial charge in [-0.1, -0.05) is 42.5 Å². The van der Waals surface area contributed by atoms with Gasteiger partial charge in [0.1, 0.15) is 5.70 Å². The van der Waals surface area contributed by atoms with E-state index in [2.05, 4.69) is 4.74 Å². The van der Waals surface area contributed by atoms with E-state index >= 15 is 0 Å². The fourth-order valence-corrected chi connectivity index (χ4v) is 3.22. The molecule has 2 N–H and O–H groups in total. The maximum atomic E-state index is 12.9. The van der Waals surface area contributed by atoms with Crippen LogP contribution in [-0.4, -0.2) is 27.3 Å². The lowest BCUT2D eigenvalue weighted by atomic mass is 10.0. The van der Waals surface area contributed by atoms with Gasteiger partial charge in [0.15, 0.2) is 6.08 Å². The van der Waals surface area contributed by atoms with Gasteiger partial charge in [0, 0.05) is 5.56 Å². The monoisotopic (exact) mass is 406 g/mol. The first-order valence-corrected chi connectivity index (χ1v) is 9.27. The number of ether oxygens (including phenoxy) is 2. The molecule has 0 bridgehead atoms. The average Bonchev–Trinajstić information content (AvgIpc) is 2.97. The third kappa shape index (κ3) is 4.15. The minimum Gasteiger partial charge on any atom is -0.465 e. The highest BCUT2D eigenvalue weighted by molar-refractivity contribution is 7.86. The van der Waals surface area contributed by atoms with Crippen LogP contribution in [0.5, 0.6) is 0 Å². The molecule has 0 spiro atoms. The highest BCUT2D eigenvalue weighted by Crippen LogP contribution is 2.33. The summed E-state index contributed by atoms with van der Waals surface area (Å²) in [5.74, 6) is -3.85. The quantitative estimate of drug-likeness (QED) is 0.569. The van der Waals surface area contributed by atoms with E-state index in [0.29, 0.717) is 0 Å². The second-order valence-corrected chi connectivity index (χ2v) is 6.81. The summed E-state index contributed by atoms with van der Waals surface area (Å²) in [5.41, 5.74) is 2.23. The van der Waals surface area contributed by atoms with E-state index in [-0.39, 0.29) is 16.7 Å². The van der Waals surface area contributed by atoms with E-state index in [9.17, 15) is 18.0 Å². The summed E-state index contributed by atoms with van der Waals surface area (Å²) in [6.07, 6.45) is -2.54. The predicted octanol–water partition coefficient (Wildman–Crippen LogP) is 1.79. The molecule has 0 radical (unpaired) electrons. The molecule has 8 nitrogen and oxygen atoms in total. The molecule has 28 heavy (non-hydrogen) atoms. The summed E-state index contributed by atoms with van der Waals surface area (Å²) >= 11 is 0. The first-order chi connectivity index (χ1) is 14.4. The van der Waals surface area contributed by atoms with Gasteiger partial charge in [-0.2, -0.15) is 8.42 Å². The Kier molecular flexibility index (Phi) is 4.33. The topological polar surface area (TPSA) is 122 Å². The SMILES string of the molecule is [2H]C([2H])(c1ccccc1)S(=O)(=O)OC1=C(N)O[C@]([2H])(c2cccc(C(=O)OC)c2)C1=O. The molecule has 1 heterocycles. The zero-order valence-electron chi connectivity index (χ0n) is 17.5. The van der Waals surface area contributed by atoms with Crippen molar-refractivity contribution in [2.75, 3.05) is 7.11 Å². The second-order valence-electron chi connectivity index (χ2n) is 5.53. The van der Waals surface area contributed by atoms with Crippen molar-refractivity contribution in [1.29, 1.82) is 0 Å². The molecule has 0 saturated carbocycles. The molecule has 2 aromatic rings. The van der Waals surface area contributed by atoms with E-state index in [1.165, 1.54) is 42.5 Å². The van der Waals surface area contributed by atoms with E-state index in [0.717, 1.165) is 13.2 Å². The Labute approximate surface area is 165 Å². The van der Waals surface area contributed by atoms with E-state index in [4.69, 9.17) is 18.8 Å². The standard InChI is InChI=1S/C19H17NO7S/c1-25-19(22)14-9-5-8-13(10-14)16-15(21)17(18(20)26-16)27-28(23,24)11-12-6-3-2-4-7-12/h2-10,16H,11,20H2,1H3/t16-/m1/s1/i11D2,16D. The smallest absolute Gasteiger partial charge is 0.337 e. The molecule has 0 aromatic heterocycles. The summed E-state index contributed by atoms with van der Waals surface area (Å²) in [7, 11) is -3.93. The molecular weight excluding hydrogens is 386 g/mol. The van der Waals surface area contributed by atoms with Crippen LogP contribution in [-0.2, 0) is 34.3 Å². The summed E-state index contributed by atoms with van der Waals surface area (Å²) in [6.45, 7) is 0. The first kappa shape index (κ1) is 15.7. The van der Waals surface area contributed by atoms with Gasteiger partial charge < -0.3 is 19.4 Å². The van der Waals surface area contributed by atoms with Crippen molar-refractivity contribution in [2.45, 2.75) is 11.8 Å². The fraction of sp³-hybridized carbons (Fsp3) is 0.158. The molecule has 1 aliphatic heterocycles. The minimum absolute atomic E-state index is 0.0176. The third-order valence-corrected chi connectivity index (χ3v) is 4.48. The molecule has 0 saturated heterocycles. The number of ketones is 1. The number of hydrogen-bond acceptors (Lipinski definition) is 8. The maximum absolute atomic E-state index is 12.9. The van der Waals surface area contributed by atoms with Crippen molar-refractivity contribution >= 4 is 21.9 Å². The van der Waals surface area contributed by atoms with Gasteiger partial charge in [-0.05, 0) is 17.7 Å². The second kappa shape index (κ2) is 7.73. The molecule has 0 aliphatic carbocycles. The summed E-state index contributed by atoms with van der Waals surface area (Å²) in [4.78, 5) is 24.6. The highest BCUT2D eigenvalue weighted by Gasteiger charge is 2.39. The molecule has 9 heteroatoms. The lowest BCUT2D eigenvalue weighted by Crippen LogP contribution is -2.16. The lowest BCUT2D eigenvalue weighted by molar-refractivity contribution is -0.123. The van der Waals surface area contributed by atoms with Crippen LogP contribution in [0.25, 0.3) is 0 Å². The Balaban J connectivity index is 1.94. The normalized spacial score (nSPS) is 21.3. The van der Waals surface area contributed by atoms with Crippen LogP contribution in [0.15, 0.2) is 66.2 Å². The maximum Gasteiger partial charge on any atom is 0.337 e. The third-order valence-electron chi connectivity index (χ3n) is 3.60.